The van der Waals surface area contributed by atoms with Gasteiger partial charge in [-0.2, -0.15) is 0 Å². The SMILES string of the molecule is CCCCOCCn1nnnc1-c1ccc(F)cc1N. The van der Waals surface area contributed by atoms with Crippen molar-refractivity contribution in [3.63, 3.8) is 0 Å². The highest BCUT2D eigenvalue weighted by Crippen LogP contribution is 2.23. The molecule has 20 heavy (non-hydrogen) atoms. The van der Waals surface area contributed by atoms with Crippen LogP contribution in [0.25, 0.3) is 11.4 Å². The lowest BCUT2D eigenvalue weighted by Gasteiger charge is -2.07. The maximum atomic E-state index is 13.1. The standard InChI is InChI=1S/C13H18FN5O/c1-2-3-7-20-8-6-19-13(16-17-18-19)11-5-4-10(14)9-12(11)15/h4-5,9H,2-3,6-8,15H2,1H3. The number of aromatic nitrogens is 4. The van der Waals surface area contributed by atoms with Crippen LogP contribution in [0.5, 0.6) is 0 Å². The molecule has 0 saturated carbocycles. The van der Waals surface area contributed by atoms with Crippen molar-refractivity contribution in [1.82, 2.24) is 20.2 Å². The quantitative estimate of drug-likeness (QED) is 0.618. The van der Waals surface area contributed by atoms with Crippen LogP contribution in [0.15, 0.2) is 18.2 Å². The fourth-order valence-corrected chi connectivity index (χ4v) is 1.78. The fourth-order valence-electron chi connectivity index (χ4n) is 1.78. The van der Waals surface area contributed by atoms with E-state index in [0.29, 0.717) is 30.2 Å². The minimum absolute atomic E-state index is 0.313. The second-order valence-electron chi connectivity index (χ2n) is 4.42. The lowest BCUT2D eigenvalue weighted by atomic mass is 10.1. The van der Waals surface area contributed by atoms with Crippen LogP contribution in [0.2, 0.25) is 0 Å². The van der Waals surface area contributed by atoms with Gasteiger partial charge in [-0.25, -0.2) is 9.07 Å². The summed E-state index contributed by atoms with van der Waals surface area (Å²) in [6, 6.07) is 4.17. The molecule has 0 aliphatic heterocycles. The molecule has 0 saturated heterocycles. The summed E-state index contributed by atoms with van der Waals surface area (Å²) in [7, 11) is 0. The Morgan fingerprint density at radius 3 is 2.95 bits per heavy atom. The van der Waals surface area contributed by atoms with E-state index in [2.05, 4.69) is 22.4 Å². The predicted molar refractivity (Wildman–Crippen MR) is 73.4 cm³/mol. The van der Waals surface area contributed by atoms with E-state index in [-0.39, 0.29) is 5.82 Å². The first-order chi connectivity index (χ1) is 9.72. The van der Waals surface area contributed by atoms with E-state index in [1.54, 1.807) is 10.7 Å². The van der Waals surface area contributed by atoms with E-state index < -0.39 is 0 Å². The Balaban J connectivity index is 2.04. The molecule has 0 amide bonds. The van der Waals surface area contributed by atoms with Crippen molar-refractivity contribution in [3.8, 4) is 11.4 Å². The molecular weight excluding hydrogens is 261 g/mol. The summed E-state index contributed by atoms with van der Waals surface area (Å²) in [5.74, 6) is 0.134. The summed E-state index contributed by atoms with van der Waals surface area (Å²) in [6.07, 6.45) is 2.13. The zero-order valence-electron chi connectivity index (χ0n) is 11.4. The number of hydrogen-bond donors (Lipinski definition) is 1. The van der Waals surface area contributed by atoms with E-state index in [9.17, 15) is 4.39 Å². The number of ether oxygens (including phenoxy) is 1. The fraction of sp³-hybridized carbons (Fsp3) is 0.462. The van der Waals surface area contributed by atoms with Gasteiger partial charge in [0.1, 0.15) is 5.82 Å². The molecule has 1 aromatic heterocycles. The normalized spacial score (nSPS) is 10.9. The first kappa shape index (κ1) is 14.4. The van der Waals surface area contributed by atoms with Gasteiger partial charge in [-0.15, -0.1) is 5.10 Å². The number of benzene rings is 1. The molecule has 0 aliphatic rings. The Morgan fingerprint density at radius 1 is 1.35 bits per heavy atom. The first-order valence-corrected chi connectivity index (χ1v) is 6.61. The summed E-state index contributed by atoms with van der Waals surface area (Å²) < 4.78 is 20.1. The highest BCUT2D eigenvalue weighted by molar-refractivity contribution is 5.71. The molecule has 2 N–H and O–H groups in total. The third-order valence-electron chi connectivity index (χ3n) is 2.88. The number of anilines is 1. The van der Waals surface area contributed by atoms with Crippen LogP contribution in [0.1, 0.15) is 19.8 Å². The van der Waals surface area contributed by atoms with Crippen molar-refractivity contribution in [2.24, 2.45) is 0 Å². The van der Waals surface area contributed by atoms with Crippen LogP contribution in [0.3, 0.4) is 0 Å². The molecule has 1 aromatic carbocycles. The van der Waals surface area contributed by atoms with Crippen LogP contribution in [0.4, 0.5) is 10.1 Å². The molecule has 0 bridgehead atoms. The Hall–Kier alpha value is -2.02. The summed E-state index contributed by atoms with van der Waals surface area (Å²) in [6.45, 7) is 3.90. The molecule has 0 fully saturated rings. The van der Waals surface area contributed by atoms with Crippen LogP contribution in [0, 0.1) is 5.82 Å². The van der Waals surface area contributed by atoms with Crippen molar-refractivity contribution in [2.45, 2.75) is 26.3 Å². The number of nitrogens with two attached hydrogens (primary N) is 1. The van der Waals surface area contributed by atoms with Gasteiger partial charge in [0.15, 0.2) is 5.82 Å². The predicted octanol–water partition coefficient (Wildman–Crippen LogP) is 1.88. The number of halogens is 1. The monoisotopic (exact) mass is 279 g/mol. The average Bonchev–Trinajstić information content (AvgIpc) is 2.87. The lowest BCUT2D eigenvalue weighted by Crippen LogP contribution is -2.10. The molecule has 2 rings (SSSR count). The minimum Gasteiger partial charge on any atom is -0.398 e. The summed E-state index contributed by atoms with van der Waals surface area (Å²) in [5, 5.41) is 11.5. The molecule has 0 aliphatic carbocycles. The first-order valence-electron chi connectivity index (χ1n) is 6.61. The summed E-state index contributed by atoms with van der Waals surface area (Å²) in [4.78, 5) is 0. The summed E-state index contributed by atoms with van der Waals surface area (Å²) in [5.41, 5.74) is 6.72. The smallest absolute Gasteiger partial charge is 0.184 e. The van der Waals surface area contributed by atoms with Crippen LogP contribution >= 0.6 is 0 Å². The average molecular weight is 279 g/mol. The van der Waals surface area contributed by atoms with Gasteiger partial charge < -0.3 is 10.5 Å². The third-order valence-corrected chi connectivity index (χ3v) is 2.88. The zero-order valence-corrected chi connectivity index (χ0v) is 11.4. The molecule has 1 heterocycles. The Kier molecular flexibility index (Phi) is 5.00. The van der Waals surface area contributed by atoms with Crippen LogP contribution in [-0.4, -0.2) is 33.4 Å². The minimum atomic E-state index is -0.381. The lowest BCUT2D eigenvalue weighted by molar-refractivity contribution is 0.121. The largest absolute Gasteiger partial charge is 0.398 e. The number of hydrogen-bond acceptors (Lipinski definition) is 5. The zero-order chi connectivity index (χ0) is 14.4. The van der Waals surface area contributed by atoms with Crippen molar-refractivity contribution >= 4 is 5.69 Å². The number of unbranched alkanes of at least 4 members (excludes halogenated alkanes) is 1. The molecule has 0 radical (unpaired) electrons. The van der Waals surface area contributed by atoms with Crippen LogP contribution in [-0.2, 0) is 11.3 Å². The molecular formula is C13H18FN5O. The van der Waals surface area contributed by atoms with Gasteiger partial charge in [0, 0.05) is 17.9 Å². The molecule has 108 valence electrons. The van der Waals surface area contributed by atoms with Gasteiger partial charge in [-0.3, -0.25) is 0 Å². The topological polar surface area (TPSA) is 78.8 Å². The van der Waals surface area contributed by atoms with E-state index in [4.69, 9.17) is 10.5 Å². The Morgan fingerprint density at radius 2 is 2.20 bits per heavy atom. The number of nitrogen functional groups attached to an aromatic ring is 1. The maximum absolute atomic E-state index is 13.1. The van der Waals surface area contributed by atoms with Gasteiger partial charge in [-0.05, 0) is 35.0 Å². The van der Waals surface area contributed by atoms with Crippen molar-refractivity contribution in [2.75, 3.05) is 18.9 Å². The third kappa shape index (κ3) is 3.51. The van der Waals surface area contributed by atoms with Gasteiger partial charge in [0.2, 0.25) is 0 Å². The number of tetrazole rings is 1. The molecule has 2 aromatic rings. The molecule has 0 unspecified atom stereocenters. The highest BCUT2D eigenvalue weighted by atomic mass is 19.1. The Bertz CT molecular complexity index is 557. The highest BCUT2D eigenvalue weighted by Gasteiger charge is 2.12. The molecule has 6 nitrogen and oxygen atoms in total. The van der Waals surface area contributed by atoms with Gasteiger partial charge in [0.05, 0.1) is 13.2 Å². The van der Waals surface area contributed by atoms with Gasteiger partial charge in [-0.1, -0.05) is 13.3 Å². The summed E-state index contributed by atoms with van der Waals surface area (Å²) >= 11 is 0. The van der Waals surface area contributed by atoms with Crippen molar-refractivity contribution < 1.29 is 9.13 Å². The van der Waals surface area contributed by atoms with E-state index in [1.165, 1.54) is 12.1 Å². The molecule has 0 atom stereocenters. The Labute approximate surface area is 116 Å². The molecule has 7 heteroatoms. The van der Waals surface area contributed by atoms with Gasteiger partial charge >= 0.3 is 0 Å². The van der Waals surface area contributed by atoms with Crippen molar-refractivity contribution in [1.29, 1.82) is 0 Å². The van der Waals surface area contributed by atoms with Crippen LogP contribution < -0.4 is 5.73 Å². The molecule has 0 spiro atoms. The number of nitrogens with zero attached hydrogens (tertiary/aromatic N) is 4. The maximum Gasteiger partial charge on any atom is 0.184 e. The number of rotatable bonds is 7. The second kappa shape index (κ2) is 6.95. The van der Waals surface area contributed by atoms with Gasteiger partial charge in [0.25, 0.3) is 0 Å². The second-order valence-corrected chi connectivity index (χ2v) is 4.42. The van der Waals surface area contributed by atoms with E-state index in [1.807, 2.05) is 0 Å². The van der Waals surface area contributed by atoms with Crippen molar-refractivity contribution in [3.05, 3.63) is 24.0 Å². The van der Waals surface area contributed by atoms with E-state index >= 15 is 0 Å². The van der Waals surface area contributed by atoms with E-state index in [0.717, 1.165) is 19.4 Å².